The third-order valence-corrected chi connectivity index (χ3v) is 3.98. The minimum absolute atomic E-state index is 0.0395. The number of hydrogen-bond donors (Lipinski definition) is 1. The highest BCUT2D eigenvalue weighted by atomic mass is 16.5. The summed E-state index contributed by atoms with van der Waals surface area (Å²) >= 11 is 0. The molecule has 1 saturated heterocycles. The lowest BCUT2D eigenvalue weighted by molar-refractivity contribution is -0.157. The van der Waals surface area contributed by atoms with Crippen molar-refractivity contribution >= 4 is 11.9 Å². The molecule has 1 aliphatic heterocycles. The van der Waals surface area contributed by atoms with Crippen LogP contribution in [0.2, 0.25) is 0 Å². The summed E-state index contributed by atoms with van der Waals surface area (Å²) in [6.07, 6.45) is 4.60. The van der Waals surface area contributed by atoms with Gasteiger partial charge in [-0.05, 0) is 39.2 Å². The van der Waals surface area contributed by atoms with E-state index in [0.717, 1.165) is 32.2 Å². The molecule has 1 fully saturated rings. The topological polar surface area (TPSA) is 70.1 Å². The summed E-state index contributed by atoms with van der Waals surface area (Å²) in [5.41, 5.74) is 0. The van der Waals surface area contributed by atoms with Crippen molar-refractivity contribution in [2.45, 2.75) is 52.0 Å². The second kappa shape index (κ2) is 10.6. The quantitative estimate of drug-likeness (QED) is 0.644. The third-order valence-electron chi connectivity index (χ3n) is 3.98. The number of aliphatic hydroxyl groups is 1. The van der Waals surface area contributed by atoms with Crippen LogP contribution in [0.25, 0.3) is 0 Å². The third kappa shape index (κ3) is 5.93. The van der Waals surface area contributed by atoms with Crippen LogP contribution in [-0.4, -0.2) is 72.2 Å². The van der Waals surface area contributed by atoms with Gasteiger partial charge in [0.15, 0.2) is 0 Å². The normalized spacial score (nSPS) is 18.5. The molecule has 0 unspecified atom stereocenters. The minimum atomic E-state index is -0.441. The fourth-order valence-electron chi connectivity index (χ4n) is 2.79. The van der Waals surface area contributed by atoms with E-state index in [-0.39, 0.29) is 25.0 Å². The number of aliphatic hydroxyl groups excluding tert-OH is 1. The van der Waals surface area contributed by atoms with Crippen molar-refractivity contribution in [1.29, 1.82) is 0 Å². The molecule has 0 saturated carbocycles. The number of unbranched alkanes of at least 4 members (excludes halogenated alkanes) is 1. The monoisotopic (exact) mass is 314 g/mol. The van der Waals surface area contributed by atoms with E-state index in [4.69, 9.17) is 9.84 Å². The maximum absolute atomic E-state index is 12.6. The number of carbonyl (C=O) groups is 2. The molecule has 128 valence electrons. The molecule has 6 nitrogen and oxygen atoms in total. The van der Waals surface area contributed by atoms with Gasteiger partial charge < -0.3 is 14.7 Å². The highest BCUT2D eigenvalue weighted by molar-refractivity contribution is 5.85. The lowest BCUT2D eigenvalue weighted by Gasteiger charge is -2.35. The fourth-order valence-corrected chi connectivity index (χ4v) is 2.79. The van der Waals surface area contributed by atoms with E-state index < -0.39 is 6.04 Å². The molecule has 1 amide bonds. The molecule has 0 spiro atoms. The summed E-state index contributed by atoms with van der Waals surface area (Å²) in [5.74, 6) is -0.333. The Morgan fingerprint density at radius 1 is 1.27 bits per heavy atom. The molecule has 1 atom stereocenters. The number of hydrogen-bond acceptors (Lipinski definition) is 5. The van der Waals surface area contributed by atoms with Crippen molar-refractivity contribution in [3.63, 3.8) is 0 Å². The van der Waals surface area contributed by atoms with Gasteiger partial charge in [-0.3, -0.25) is 9.69 Å². The SMILES string of the molecule is CCCCN(CCO)CC(=O)N1CCCC[C@H]1C(=O)OCC. The van der Waals surface area contributed by atoms with E-state index in [1.54, 1.807) is 11.8 Å². The lowest BCUT2D eigenvalue weighted by Crippen LogP contribution is -2.52. The number of ether oxygens (including phenoxy) is 1. The molecule has 0 aromatic carbocycles. The first-order valence-corrected chi connectivity index (χ1v) is 8.43. The Bertz CT molecular complexity index is 349. The van der Waals surface area contributed by atoms with Crippen molar-refractivity contribution in [3.8, 4) is 0 Å². The van der Waals surface area contributed by atoms with Crippen molar-refractivity contribution in [3.05, 3.63) is 0 Å². The Balaban J connectivity index is 2.63. The maximum atomic E-state index is 12.6. The summed E-state index contributed by atoms with van der Waals surface area (Å²) in [4.78, 5) is 28.2. The van der Waals surface area contributed by atoms with E-state index >= 15 is 0 Å². The number of rotatable bonds is 9. The zero-order chi connectivity index (χ0) is 16.4. The van der Waals surface area contributed by atoms with E-state index in [9.17, 15) is 9.59 Å². The molecule has 0 aromatic rings. The van der Waals surface area contributed by atoms with E-state index in [0.29, 0.717) is 26.1 Å². The first-order valence-electron chi connectivity index (χ1n) is 8.43. The van der Waals surface area contributed by atoms with Crippen LogP contribution in [-0.2, 0) is 14.3 Å². The predicted octanol–water partition coefficient (Wildman–Crippen LogP) is 1.03. The van der Waals surface area contributed by atoms with Gasteiger partial charge in [-0.1, -0.05) is 13.3 Å². The smallest absolute Gasteiger partial charge is 0.328 e. The van der Waals surface area contributed by atoms with Crippen LogP contribution in [0.3, 0.4) is 0 Å². The van der Waals surface area contributed by atoms with Gasteiger partial charge in [0, 0.05) is 13.1 Å². The van der Waals surface area contributed by atoms with Gasteiger partial charge in [0.2, 0.25) is 5.91 Å². The van der Waals surface area contributed by atoms with Gasteiger partial charge in [0.25, 0.3) is 0 Å². The standard InChI is InChI=1S/C16H30N2O4/c1-3-5-9-17(11-12-19)13-15(20)18-10-7-6-8-14(18)16(21)22-4-2/h14,19H,3-13H2,1-2H3/t14-/m0/s1. The Labute approximate surface area is 133 Å². The van der Waals surface area contributed by atoms with E-state index in [1.807, 2.05) is 4.90 Å². The Morgan fingerprint density at radius 3 is 2.68 bits per heavy atom. The molecule has 0 aliphatic carbocycles. The molecule has 0 bridgehead atoms. The molecule has 0 radical (unpaired) electrons. The number of nitrogens with zero attached hydrogens (tertiary/aromatic N) is 2. The highest BCUT2D eigenvalue weighted by Gasteiger charge is 2.33. The zero-order valence-corrected chi connectivity index (χ0v) is 13.9. The van der Waals surface area contributed by atoms with Crippen LogP contribution < -0.4 is 0 Å². The van der Waals surface area contributed by atoms with E-state index in [1.165, 1.54) is 0 Å². The molecule has 22 heavy (non-hydrogen) atoms. The van der Waals surface area contributed by atoms with Gasteiger partial charge in [-0.25, -0.2) is 4.79 Å². The summed E-state index contributed by atoms with van der Waals surface area (Å²) in [6, 6.07) is -0.441. The number of piperidine rings is 1. The largest absolute Gasteiger partial charge is 0.464 e. The Kier molecular flexibility index (Phi) is 9.08. The second-order valence-corrected chi connectivity index (χ2v) is 5.70. The van der Waals surface area contributed by atoms with Crippen LogP contribution in [0.1, 0.15) is 46.0 Å². The molecule has 1 rings (SSSR count). The number of carbonyl (C=O) groups excluding carboxylic acids is 2. The number of esters is 1. The number of likely N-dealkylation sites (tertiary alicyclic amines) is 1. The Morgan fingerprint density at radius 2 is 2.05 bits per heavy atom. The zero-order valence-electron chi connectivity index (χ0n) is 13.9. The Hall–Kier alpha value is -1.14. The van der Waals surface area contributed by atoms with Crippen molar-refractivity contribution in [2.24, 2.45) is 0 Å². The first-order chi connectivity index (χ1) is 10.6. The van der Waals surface area contributed by atoms with Crippen LogP contribution in [0.5, 0.6) is 0 Å². The number of amides is 1. The van der Waals surface area contributed by atoms with Gasteiger partial charge in [0.05, 0.1) is 19.8 Å². The fraction of sp³-hybridized carbons (Fsp3) is 0.875. The van der Waals surface area contributed by atoms with Crippen molar-refractivity contribution in [1.82, 2.24) is 9.80 Å². The maximum Gasteiger partial charge on any atom is 0.328 e. The summed E-state index contributed by atoms with van der Waals surface area (Å²) < 4.78 is 5.09. The molecule has 1 aliphatic rings. The van der Waals surface area contributed by atoms with E-state index in [2.05, 4.69) is 6.92 Å². The average Bonchev–Trinajstić information content (AvgIpc) is 2.53. The molecular formula is C16H30N2O4. The molecule has 0 aromatic heterocycles. The predicted molar refractivity (Wildman–Crippen MR) is 84.4 cm³/mol. The minimum Gasteiger partial charge on any atom is -0.464 e. The summed E-state index contributed by atoms with van der Waals surface area (Å²) in [6.45, 7) is 6.41. The lowest BCUT2D eigenvalue weighted by atomic mass is 10.0. The molecule has 6 heteroatoms. The van der Waals surface area contributed by atoms with Gasteiger partial charge in [0.1, 0.15) is 6.04 Å². The van der Waals surface area contributed by atoms with Crippen LogP contribution in [0.15, 0.2) is 0 Å². The van der Waals surface area contributed by atoms with Crippen molar-refractivity contribution < 1.29 is 19.4 Å². The van der Waals surface area contributed by atoms with Crippen LogP contribution in [0, 0.1) is 0 Å². The highest BCUT2D eigenvalue weighted by Crippen LogP contribution is 2.18. The van der Waals surface area contributed by atoms with Crippen LogP contribution >= 0.6 is 0 Å². The second-order valence-electron chi connectivity index (χ2n) is 5.70. The van der Waals surface area contributed by atoms with Gasteiger partial charge >= 0.3 is 5.97 Å². The van der Waals surface area contributed by atoms with Gasteiger partial charge in [-0.15, -0.1) is 0 Å². The summed E-state index contributed by atoms with van der Waals surface area (Å²) in [7, 11) is 0. The van der Waals surface area contributed by atoms with Crippen molar-refractivity contribution in [2.75, 3.05) is 39.4 Å². The first kappa shape index (κ1) is 18.9. The molecular weight excluding hydrogens is 284 g/mol. The average molecular weight is 314 g/mol. The molecule has 1 heterocycles. The van der Waals surface area contributed by atoms with Crippen LogP contribution in [0.4, 0.5) is 0 Å². The molecule has 1 N–H and O–H groups in total. The summed E-state index contributed by atoms with van der Waals surface area (Å²) in [5, 5.41) is 9.13. The van der Waals surface area contributed by atoms with Gasteiger partial charge in [-0.2, -0.15) is 0 Å².